The Morgan fingerprint density at radius 3 is 2.23 bits per heavy atom. The second-order valence-electron chi connectivity index (χ2n) is 4.69. The molecule has 0 aromatic rings. The summed E-state index contributed by atoms with van der Waals surface area (Å²) in [7, 11) is 1.65. The van der Waals surface area contributed by atoms with E-state index in [2.05, 4.69) is 26.1 Å². The molecule has 74 valence electrons. The van der Waals surface area contributed by atoms with Gasteiger partial charge in [-0.1, -0.05) is 20.8 Å². The molecule has 3 amide bonds. The lowest BCUT2D eigenvalue weighted by Crippen LogP contribution is -2.34. The highest BCUT2D eigenvalue weighted by Crippen LogP contribution is 2.24. The van der Waals surface area contributed by atoms with Crippen molar-refractivity contribution >= 4 is 11.9 Å². The van der Waals surface area contributed by atoms with Crippen LogP contribution >= 0.6 is 0 Å². The minimum Gasteiger partial charge on any atom is -0.315 e. The molecule has 1 N–H and O–H groups in total. The number of likely N-dealkylation sites (N-methyl/N-ethyl adjacent to an activating group) is 1. The lowest BCUT2D eigenvalue weighted by molar-refractivity contribution is -0.122. The lowest BCUT2D eigenvalue weighted by atomic mass is 9.88. The number of imide groups is 1. The highest BCUT2D eigenvalue weighted by Gasteiger charge is 2.37. The summed E-state index contributed by atoms with van der Waals surface area (Å²) in [6.07, 6.45) is 0.696. The fourth-order valence-corrected chi connectivity index (χ4v) is 1.40. The normalized spacial score (nSPS) is 23.7. The number of carbonyl (C=O) groups is 2. The summed E-state index contributed by atoms with van der Waals surface area (Å²) in [6, 6.07) is -0.591. The van der Waals surface area contributed by atoms with Crippen molar-refractivity contribution < 1.29 is 9.59 Å². The van der Waals surface area contributed by atoms with Crippen molar-refractivity contribution in [2.45, 2.75) is 33.2 Å². The summed E-state index contributed by atoms with van der Waals surface area (Å²) in [5.41, 5.74) is 0.0564. The Balaban J connectivity index is 2.70. The number of rotatable bonds is 1. The van der Waals surface area contributed by atoms with Crippen molar-refractivity contribution in [1.82, 2.24) is 10.2 Å². The predicted molar refractivity (Wildman–Crippen MR) is 49.2 cm³/mol. The van der Waals surface area contributed by atoms with Crippen LogP contribution in [0.15, 0.2) is 0 Å². The van der Waals surface area contributed by atoms with E-state index in [4.69, 9.17) is 0 Å². The summed E-state index contributed by atoms with van der Waals surface area (Å²) >= 11 is 0. The fraction of sp³-hybridized carbons (Fsp3) is 0.778. The van der Waals surface area contributed by atoms with Crippen LogP contribution in [-0.4, -0.2) is 29.9 Å². The average Bonchev–Trinajstić information content (AvgIpc) is 2.14. The van der Waals surface area contributed by atoms with E-state index in [0.29, 0.717) is 6.42 Å². The van der Waals surface area contributed by atoms with E-state index in [-0.39, 0.29) is 23.4 Å². The van der Waals surface area contributed by atoms with Gasteiger partial charge in [0.25, 0.3) is 5.91 Å². The number of nitrogens with zero attached hydrogens (tertiary/aromatic N) is 1. The molecule has 1 saturated heterocycles. The molecule has 4 nitrogen and oxygen atoms in total. The van der Waals surface area contributed by atoms with Crippen molar-refractivity contribution in [2.75, 3.05) is 7.05 Å². The van der Waals surface area contributed by atoms with Gasteiger partial charge in [-0.25, -0.2) is 4.79 Å². The van der Waals surface area contributed by atoms with Gasteiger partial charge in [-0.05, 0) is 11.8 Å². The standard InChI is InChI=1S/C9H16N2O2/c1-9(2,3)5-6-7(12)10-8(13)11(6)4/h6H,5H2,1-4H3,(H,10,12,13). The third-order valence-corrected chi connectivity index (χ3v) is 2.13. The number of hydrogen-bond acceptors (Lipinski definition) is 2. The highest BCUT2D eigenvalue weighted by atomic mass is 16.2. The number of urea groups is 1. The zero-order chi connectivity index (χ0) is 10.2. The monoisotopic (exact) mass is 184 g/mol. The Kier molecular flexibility index (Phi) is 2.32. The summed E-state index contributed by atoms with van der Waals surface area (Å²) < 4.78 is 0. The topological polar surface area (TPSA) is 49.4 Å². The van der Waals surface area contributed by atoms with Crippen molar-refractivity contribution in [3.05, 3.63) is 0 Å². The maximum atomic E-state index is 11.3. The Labute approximate surface area is 78.3 Å². The van der Waals surface area contributed by atoms with Gasteiger partial charge in [-0.15, -0.1) is 0 Å². The van der Waals surface area contributed by atoms with Gasteiger partial charge in [0.2, 0.25) is 0 Å². The number of carbonyl (C=O) groups excluding carboxylic acids is 2. The van der Waals surface area contributed by atoms with Crippen LogP contribution in [0.5, 0.6) is 0 Å². The van der Waals surface area contributed by atoms with Gasteiger partial charge >= 0.3 is 6.03 Å². The van der Waals surface area contributed by atoms with E-state index in [1.54, 1.807) is 7.05 Å². The van der Waals surface area contributed by atoms with Gasteiger partial charge in [-0.2, -0.15) is 0 Å². The predicted octanol–water partition coefficient (Wildman–Crippen LogP) is 0.973. The van der Waals surface area contributed by atoms with E-state index >= 15 is 0 Å². The Hall–Kier alpha value is -1.06. The van der Waals surface area contributed by atoms with Crippen LogP contribution in [0.25, 0.3) is 0 Å². The average molecular weight is 184 g/mol. The molecule has 0 saturated carbocycles. The third kappa shape index (κ3) is 2.20. The molecule has 1 aliphatic heterocycles. The van der Waals surface area contributed by atoms with Crippen molar-refractivity contribution in [2.24, 2.45) is 5.41 Å². The van der Waals surface area contributed by atoms with E-state index < -0.39 is 0 Å². The molecule has 1 unspecified atom stereocenters. The van der Waals surface area contributed by atoms with E-state index in [9.17, 15) is 9.59 Å². The Morgan fingerprint density at radius 1 is 1.38 bits per heavy atom. The summed E-state index contributed by atoms with van der Waals surface area (Å²) in [6.45, 7) is 6.16. The van der Waals surface area contributed by atoms with Gasteiger partial charge in [0.1, 0.15) is 6.04 Å². The molecular formula is C9H16N2O2. The summed E-state index contributed by atoms with van der Waals surface area (Å²) in [5, 5.41) is 2.29. The molecular weight excluding hydrogens is 168 g/mol. The number of nitrogens with one attached hydrogen (secondary N) is 1. The van der Waals surface area contributed by atoms with Crippen molar-refractivity contribution in [3.63, 3.8) is 0 Å². The van der Waals surface area contributed by atoms with Gasteiger partial charge < -0.3 is 4.90 Å². The first kappa shape index (κ1) is 10.0. The summed E-state index contributed by atoms with van der Waals surface area (Å²) in [5.74, 6) is -0.178. The van der Waals surface area contributed by atoms with E-state index in [0.717, 1.165) is 0 Å². The van der Waals surface area contributed by atoms with Crippen LogP contribution in [0.3, 0.4) is 0 Å². The van der Waals surface area contributed by atoms with E-state index in [1.165, 1.54) is 4.90 Å². The molecule has 0 aliphatic carbocycles. The van der Waals surface area contributed by atoms with Crippen LogP contribution < -0.4 is 5.32 Å². The van der Waals surface area contributed by atoms with Gasteiger partial charge in [-0.3, -0.25) is 10.1 Å². The van der Waals surface area contributed by atoms with Crippen LogP contribution in [0.4, 0.5) is 4.79 Å². The molecule has 4 heteroatoms. The molecule has 0 aromatic heterocycles. The number of hydrogen-bond donors (Lipinski definition) is 1. The third-order valence-electron chi connectivity index (χ3n) is 2.13. The summed E-state index contributed by atoms with van der Waals surface area (Å²) in [4.78, 5) is 23.8. The lowest BCUT2D eigenvalue weighted by Gasteiger charge is -2.25. The molecule has 1 atom stereocenters. The zero-order valence-electron chi connectivity index (χ0n) is 8.55. The van der Waals surface area contributed by atoms with Gasteiger partial charge in [0.15, 0.2) is 0 Å². The fourth-order valence-electron chi connectivity index (χ4n) is 1.40. The van der Waals surface area contributed by atoms with Crippen LogP contribution in [0.1, 0.15) is 27.2 Å². The molecule has 1 rings (SSSR count). The van der Waals surface area contributed by atoms with Crippen LogP contribution in [-0.2, 0) is 4.79 Å². The van der Waals surface area contributed by atoms with E-state index in [1.807, 2.05) is 0 Å². The molecule has 0 spiro atoms. The molecule has 1 heterocycles. The zero-order valence-corrected chi connectivity index (χ0v) is 8.55. The first-order valence-corrected chi connectivity index (χ1v) is 4.39. The minimum absolute atomic E-state index is 0.0564. The van der Waals surface area contributed by atoms with Crippen LogP contribution in [0.2, 0.25) is 0 Å². The van der Waals surface area contributed by atoms with Gasteiger partial charge in [0, 0.05) is 7.05 Å². The largest absolute Gasteiger partial charge is 0.324 e. The first-order valence-electron chi connectivity index (χ1n) is 4.39. The molecule has 13 heavy (non-hydrogen) atoms. The smallest absolute Gasteiger partial charge is 0.315 e. The van der Waals surface area contributed by atoms with Crippen molar-refractivity contribution in [1.29, 1.82) is 0 Å². The van der Waals surface area contributed by atoms with Crippen LogP contribution in [0, 0.1) is 5.41 Å². The maximum Gasteiger partial charge on any atom is 0.324 e. The van der Waals surface area contributed by atoms with Crippen molar-refractivity contribution in [3.8, 4) is 0 Å². The molecule has 1 aliphatic rings. The minimum atomic E-state index is -0.299. The first-order chi connectivity index (χ1) is 5.81. The second kappa shape index (κ2) is 3.01. The molecule has 0 bridgehead atoms. The number of amides is 3. The molecule has 0 radical (unpaired) electrons. The second-order valence-corrected chi connectivity index (χ2v) is 4.69. The highest BCUT2D eigenvalue weighted by molar-refractivity contribution is 6.03. The quantitative estimate of drug-likeness (QED) is 0.617. The Morgan fingerprint density at radius 2 is 1.92 bits per heavy atom. The van der Waals surface area contributed by atoms with Gasteiger partial charge in [0.05, 0.1) is 0 Å². The SMILES string of the molecule is CN1C(=O)NC(=O)C1CC(C)(C)C. The molecule has 1 fully saturated rings. The molecule has 0 aromatic carbocycles. The maximum absolute atomic E-state index is 11.3. The Bertz CT molecular complexity index is 242.